The Kier molecular flexibility index (Phi) is 14.7. The van der Waals surface area contributed by atoms with Gasteiger partial charge in [-0.2, -0.15) is 24.9 Å². The normalized spacial score (nSPS) is 14.0. The fraction of sp³-hybridized carbons (Fsp3) is 0.389. The molecule has 1 aliphatic rings. The number of carboxylic acids is 1. The highest BCUT2D eigenvalue weighted by Crippen LogP contribution is 2.44. The number of hydrogen-bond acceptors (Lipinski definition) is 7. The number of benzene rings is 3. The van der Waals surface area contributed by atoms with Gasteiger partial charge in [-0.15, -0.1) is 0 Å². The molecule has 3 atom stereocenters. The van der Waals surface area contributed by atoms with E-state index in [-0.39, 0.29) is 30.8 Å². The highest BCUT2D eigenvalue weighted by atomic mass is 32.2. The minimum atomic E-state index is -5.19. The molecule has 9 nitrogen and oxygen atoms in total. The molecule has 0 spiro atoms. The molecule has 0 aliphatic heterocycles. The Morgan fingerprint density at radius 2 is 1.37 bits per heavy atom. The summed E-state index contributed by atoms with van der Waals surface area (Å²) in [6, 6.07) is 23.8. The Hall–Kier alpha value is -4.36. The summed E-state index contributed by atoms with van der Waals surface area (Å²) in [6.07, 6.45) is -1.87. The molecular weight excluding hydrogens is 659 g/mol. The van der Waals surface area contributed by atoms with Gasteiger partial charge in [-0.25, -0.2) is 4.79 Å². The van der Waals surface area contributed by atoms with Gasteiger partial charge in [0.15, 0.2) is 6.04 Å². The predicted octanol–water partition coefficient (Wildman–Crippen LogP) is 3.26. The number of hydrogen-bond donors (Lipinski definition) is 3. The van der Waals surface area contributed by atoms with E-state index in [4.69, 9.17) is 14.6 Å². The SMILES string of the molecule is CSCCC([NH3+])C(=O)NC(CC(C)C)C(=O)NC(Cc1ccccc1)C(=O)OCC1c2ccccc2-c2ccccc21.O=C([O-])C(F)(F)F. The second kappa shape index (κ2) is 18.4. The molecule has 1 aliphatic carbocycles. The first-order valence-electron chi connectivity index (χ1n) is 15.8. The first-order chi connectivity index (χ1) is 23.2. The molecule has 3 aromatic carbocycles. The molecule has 0 bridgehead atoms. The predicted molar refractivity (Wildman–Crippen MR) is 179 cm³/mol. The highest BCUT2D eigenvalue weighted by Gasteiger charge is 2.33. The topological polar surface area (TPSA) is 152 Å². The van der Waals surface area contributed by atoms with Crippen molar-refractivity contribution in [2.24, 2.45) is 5.92 Å². The number of alkyl halides is 3. The van der Waals surface area contributed by atoms with Crippen LogP contribution < -0.4 is 21.5 Å². The van der Waals surface area contributed by atoms with Crippen LogP contribution in [-0.4, -0.2) is 66.7 Å². The van der Waals surface area contributed by atoms with E-state index in [0.29, 0.717) is 12.8 Å². The smallest absolute Gasteiger partial charge is 0.430 e. The molecule has 13 heteroatoms. The molecular formula is C36H42F3N3O6S. The first-order valence-corrected chi connectivity index (χ1v) is 17.2. The van der Waals surface area contributed by atoms with E-state index in [1.807, 2.05) is 74.7 Å². The lowest BCUT2D eigenvalue weighted by molar-refractivity contribution is -0.404. The first kappa shape index (κ1) is 39.1. The van der Waals surface area contributed by atoms with E-state index < -0.39 is 42.1 Å². The lowest BCUT2D eigenvalue weighted by Gasteiger charge is -2.25. The van der Waals surface area contributed by atoms with Crippen LogP contribution in [0.4, 0.5) is 13.2 Å². The van der Waals surface area contributed by atoms with Gasteiger partial charge in [0.1, 0.15) is 24.7 Å². The summed E-state index contributed by atoms with van der Waals surface area (Å²) in [6.45, 7) is 4.16. The van der Waals surface area contributed by atoms with Crippen molar-refractivity contribution in [3.8, 4) is 11.1 Å². The third kappa shape index (κ3) is 11.6. The highest BCUT2D eigenvalue weighted by molar-refractivity contribution is 7.98. The van der Waals surface area contributed by atoms with Crippen molar-refractivity contribution in [2.75, 3.05) is 18.6 Å². The van der Waals surface area contributed by atoms with Crippen LogP contribution in [0.2, 0.25) is 0 Å². The summed E-state index contributed by atoms with van der Waals surface area (Å²) >= 11 is 1.65. The maximum absolute atomic E-state index is 13.6. The number of esters is 1. The Morgan fingerprint density at radius 3 is 1.88 bits per heavy atom. The number of aliphatic carboxylic acids is 1. The van der Waals surface area contributed by atoms with Gasteiger partial charge >= 0.3 is 12.1 Å². The van der Waals surface area contributed by atoms with Gasteiger partial charge in [0, 0.05) is 18.8 Å². The summed E-state index contributed by atoms with van der Waals surface area (Å²) in [5.41, 5.74) is 9.42. The van der Waals surface area contributed by atoms with Crippen molar-refractivity contribution < 1.29 is 47.9 Å². The monoisotopic (exact) mass is 701 g/mol. The molecule has 4 rings (SSSR count). The zero-order valence-corrected chi connectivity index (χ0v) is 28.4. The fourth-order valence-corrected chi connectivity index (χ4v) is 5.92. The molecule has 5 N–H and O–H groups in total. The zero-order valence-electron chi connectivity index (χ0n) is 27.6. The summed E-state index contributed by atoms with van der Waals surface area (Å²) in [4.78, 5) is 48.8. The van der Waals surface area contributed by atoms with Crippen molar-refractivity contribution in [1.82, 2.24) is 10.6 Å². The van der Waals surface area contributed by atoms with E-state index >= 15 is 0 Å². The summed E-state index contributed by atoms with van der Waals surface area (Å²) in [5, 5.41) is 14.6. The van der Waals surface area contributed by atoms with Crippen molar-refractivity contribution in [1.29, 1.82) is 0 Å². The van der Waals surface area contributed by atoms with Gasteiger partial charge in [-0.3, -0.25) is 9.59 Å². The number of fused-ring (bicyclic) bond motifs is 3. The number of thioether (sulfide) groups is 1. The lowest BCUT2D eigenvalue weighted by Crippen LogP contribution is -2.69. The largest absolute Gasteiger partial charge is 0.542 e. The van der Waals surface area contributed by atoms with Crippen molar-refractivity contribution >= 4 is 35.5 Å². The molecule has 264 valence electrons. The molecule has 0 saturated heterocycles. The van der Waals surface area contributed by atoms with Gasteiger partial charge in [0.2, 0.25) is 5.91 Å². The molecule has 2 amide bonds. The van der Waals surface area contributed by atoms with Crippen LogP contribution in [0.5, 0.6) is 0 Å². The van der Waals surface area contributed by atoms with Gasteiger partial charge in [0.25, 0.3) is 5.91 Å². The number of quaternary nitrogens is 1. The molecule has 0 radical (unpaired) electrons. The number of amides is 2. The standard InChI is InChI=1S/C34H41N3O4S.C2HF3O2/c1-22(2)19-30(36-32(38)29(35)17-18-42-3)33(39)37-31(20-23-11-5-4-6-12-23)34(40)41-21-28-26-15-9-7-13-24(26)25-14-8-10-16-27(25)28;3-2(4,5)1(6)7/h4-16,22,28-31H,17-21,35H2,1-3H3,(H,36,38)(H,37,39);(H,6,7). The third-order valence-electron chi connectivity index (χ3n) is 7.85. The van der Waals surface area contributed by atoms with Crippen molar-refractivity contribution in [3.63, 3.8) is 0 Å². The quantitative estimate of drug-likeness (QED) is 0.218. The van der Waals surface area contributed by atoms with E-state index in [1.165, 1.54) is 0 Å². The minimum Gasteiger partial charge on any atom is -0.542 e. The number of ether oxygens (including phenoxy) is 1. The maximum atomic E-state index is 13.6. The minimum absolute atomic E-state index is 0.0855. The van der Waals surface area contributed by atoms with Gasteiger partial charge in [-0.1, -0.05) is 92.7 Å². The molecule has 3 unspecified atom stereocenters. The Labute approximate surface area is 288 Å². The Bertz CT molecular complexity index is 1530. The molecule has 0 heterocycles. The Balaban J connectivity index is 0.000000838. The van der Waals surface area contributed by atoms with Crippen molar-refractivity contribution in [2.45, 2.75) is 63.3 Å². The molecule has 0 aromatic heterocycles. The lowest BCUT2D eigenvalue weighted by atomic mass is 9.98. The van der Waals surface area contributed by atoms with Gasteiger partial charge in [0.05, 0.1) is 0 Å². The van der Waals surface area contributed by atoms with Crippen LogP contribution in [0, 0.1) is 5.92 Å². The average Bonchev–Trinajstić information content (AvgIpc) is 3.39. The van der Waals surface area contributed by atoms with Crippen LogP contribution in [0.1, 0.15) is 49.3 Å². The second-order valence-corrected chi connectivity index (χ2v) is 13.0. The van der Waals surface area contributed by atoms with E-state index in [0.717, 1.165) is 33.6 Å². The zero-order chi connectivity index (χ0) is 36.1. The molecule has 0 fully saturated rings. The van der Waals surface area contributed by atoms with Crippen molar-refractivity contribution in [3.05, 3.63) is 95.6 Å². The van der Waals surface area contributed by atoms with Gasteiger partial charge < -0.3 is 31.0 Å². The van der Waals surface area contributed by atoms with Gasteiger partial charge in [-0.05, 0) is 52.2 Å². The number of carboxylic acid groups (broad SMARTS) is 1. The number of rotatable bonds is 14. The number of halogens is 3. The maximum Gasteiger partial charge on any atom is 0.430 e. The van der Waals surface area contributed by atoms with E-state index in [9.17, 15) is 27.6 Å². The van der Waals surface area contributed by atoms with Crippen LogP contribution in [-0.2, 0) is 30.3 Å². The van der Waals surface area contributed by atoms with E-state index in [1.54, 1.807) is 11.8 Å². The fourth-order valence-electron chi connectivity index (χ4n) is 5.40. The average molecular weight is 702 g/mol. The number of nitrogens with one attached hydrogen (secondary N) is 2. The summed E-state index contributed by atoms with van der Waals surface area (Å²) < 4.78 is 37.5. The number of carbonyl (C=O) groups is 4. The summed E-state index contributed by atoms with van der Waals surface area (Å²) in [7, 11) is 0. The number of carbonyl (C=O) groups excluding carboxylic acids is 4. The van der Waals surface area contributed by atoms with Crippen LogP contribution in [0.25, 0.3) is 11.1 Å². The van der Waals surface area contributed by atoms with E-state index in [2.05, 4.69) is 40.6 Å². The van der Waals surface area contributed by atoms with Crippen LogP contribution in [0.3, 0.4) is 0 Å². The molecule has 49 heavy (non-hydrogen) atoms. The van der Waals surface area contributed by atoms with Crippen LogP contribution >= 0.6 is 11.8 Å². The van der Waals surface area contributed by atoms with Crippen LogP contribution in [0.15, 0.2) is 78.9 Å². The third-order valence-corrected chi connectivity index (χ3v) is 8.50. The second-order valence-electron chi connectivity index (χ2n) is 12.1. The summed E-state index contributed by atoms with van der Waals surface area (Å²) in [5.74, 6) is -3.29. The molecule has 3 aromatic rings. The Morgan fingerprint density at radius 1 is 0.857 bits per heavy atom. The molecule has 0 saturated carbocycles.